The summed E-state index contributed by atoms with van der Waals surface area (Å²) in [6, 6.07) is 5.55. The fraction of sp³-hybridized carbons (Fsp3) is 0.333. The number of carbonyl (C=O) groups is 2. The first-order chi connectivity index (χ1) is 14.8. The van der Waals surface area contributed by atoms with E-state index >= 15 is 0 Å². The number of hydrogen-bond donors (Lipinski definition) is 3. The number of amides is 1. The van der Waals surface area contributed by atoms with Crippen molar-refractivity contribution in [3.05, 3.63) is 39.8 Å². The Bertz CT molecular complexity index is 1070. The van der Waals surface area contributed by atoms with Gasteiger partial charge in [-0.3, -0.25) is 9.59 Å². The molecule has 0 radical (unpaired) electrons. The summed E-state index contributed by atoms with van der Waals surface area (Å²) in [6.45, 7) is 4.92. The van der Waals surface area contributed by atoms with Gasteiger partial charge in [0.1, 0.15) is 25.1 Å². The van der Waals surface area contributed by atoms with Gasteiger partial charge in [-0.25, -0.2) is 0 Å². The van der Waals surface area contributed by atoms with Crippen molar-refractivity contribution in [1.29, 1.82) is 0 Å². The number of thiophene rings is 1. The summed E-state index contributed by atoms with van der Waals surface area (Å²) in [4.78, 5) is 27.9. The van der Waals surface area contributed by atoms with Crippen LogP contribution in [-0.2, 0) is 4.79 Å². The molecular formula is C21H23N3O6S. The normalized spacial score (nSPS) is 11.9. The van der Waals surface area contributed by atoms with Crippen molar-refractivity contribution in [3.8, 4) is 27.9 Å². The van der Waals surface area contributed by atoms with Crippen LogP contribution in [0, 0.1) is 20.8 Å². The summed E-state index contributed by atoms with van der Waals surface area (Å²) in [7, 11) is 0. The number of rotatable bonds is 9. The molecule has 1 atom stereocenters. The van der Waals surface area contributed by atoms with Gasteiger partial charge in [-0.05, 0) is 55.7 Å². The van der Waals surface area contributed by atoms with Gasteiger partial charge in [-0.1, -0.05) is 5.16 Å². The molecule has 0 aliphatic carbocycles. The highest BCUT2D eigenvalue weighted by molar-refractivity contribution is 7.17. The van der Waals surface area contributed by atoms with Crippen molar-refractivity contribution in [2.24, 2.45) is 0 Å². The standard InChI is InChI=1S/C21H23N3O6S/c1-11-6-16(31-17(11)8-25)21-23-20(24-30-21)14-4-12(2)19(13(3)5-14)29-10-15(27)7-22-18(28)9-26/h4-6,8,15,26-27H,7,9-10H2,1-3H3,(H,22,28). The summed E-state index contributed by atoms with van der Waals surface area (Å²) < 4.78 is 11.1. The Labute approximate surface area is 182 Å². The maximum atomic E-state index is 11.1. The summed E-state index contributed by atoms with van der Waals surface area (Å²) in [6.07, 6.45) is -0.108. The minimum Gasteiger partial charge on any atom is -0.490 e. The third-order valence-electron chi connectivity index (χ3n) is 4.52. The van der Waals surface area contributed by atoms with Gasteiger partial charge in [0.2, 0.25) is 11.7 Å². The van der Waals surface area contributed by atoms with Gasteiger partial charge in [0.25, 0.3) is 5.89 Å². The van der Waals surface area contributed by atoms with E-state index in [-0.39, 0.29) is 13.2 Å². The lowest BCUT2D eigenvalue weighted by atomic mass is 10.1. The van der Waals surface area contributed by atoms with Crippen LogP contribution in [-0.4, -0.2) is 58.4 Å². The minimum absolute atomic E-state index is 0.0180. The molecule has 3 rings (SSSR count). The Hall–Kier alpha value is -3.08. The zero-order valence-corrected chi connectivity index (χ0v) is 18.2. The van der Waals surface area contributed by atoms with E-state index in [1.54, 1.807) is 0 Å². The quantitative estimate of drug-likeness (QED) is 0.426. The Balaban J connectivity index is 1.72. The summed E-state index contributed by atoms with van der Waals surface area (Å²) >= 11 is 1.30. The van der Waals surface area contributed by atoms with E-state index in [2.05, 4.69) is 15.5 Å². The number of aliphatic hydroxyl groups is 2. The number of benzene rings is 1. The van der Waals surface area contributed by atoms with Crippen molar-refractivity contribution in [3.63, 3.8) is 0 Å². The Morgan fingerprint density at radius 3 is 2.58 bits per heavy atom. The molecule has 9 nitrogen and oxygen atoms in total. The van der Waals surface area contributed by atoms with E-state index in [0.717, 1.165) is 33.4 Å². The smallest absolute Gasteiger partial charge is 0.268 e. The van der Waals surface area contributed by atoms with Crippen LogP contribution >= 0.6 is 11.3 Å². The molecule has 1 aromatic carbocycles. The summed E-state index contributed by atoms with van der Waals surface area (Å²) in [5.74, 6) is 0.818. The van der Waals surface area contributed by atoms with Gasteiger partial charge >= 0.3 is 0 Å². The molecular weight excluding hydrogens is 422 g/mol. The molecule has 31 heavy (non-hydrogen) atoms. The molecule has 0 bridgehead atoms. The van der Waals surface area contributed by atoms with Crippen LogP contribution in [0.3, 0.4) is 0 Å². The molecule has 10 heteroatoms. The van der Waals surface area contributed by atoms with Crippen LogP contribution in [0.2, 0.25) is 0 Å². The van der Waals surface area contributed by atoms with Crippen molar-refractivity contribution in [1.82, 2.24) is 15.5 Å². The number of nitrogens with zero attached hydrogens (tertiary/aromatic N) is 2. The highest BCUT2D eigenvalue weighted by Crippen LogP contribution is 2.33. The van der Waals surface area contributed by atoms with Crippen molar-refractivity contribution in [2.45, 2.75) is 26.9 Å². The molecule has 0 saturated heterocycles. The molecule has 0 aliphatic rings. The molecule has 3 N–H and O–H groups in total. The lowest BCUT2D eigenvalue weighted by Crippen LogP contribution is -2.36. The Morgan fingerprint density at radius 2 is 1.97 bits per heavy atom. The predicted octanol–water partition coefficient (Wildman–Crippen LogP) is 2.05. The van der Waals surface area contributed by atoms with Crippen LogP contribution in [0.4, 0.5) is 0 Å². The summed E-state index contributed by atoms with van der Waals surface area (Å²) in [5.41, 5.74) is 3.25. The molecule has 0 aliphatic heterocycles. The highest BCUT2D eigenvalue weighted by atomic mass is 32.1. The third kappa shape index (κ3) is 5.35. The minimum atomic E-state index is -0.917. The number of aldehydes is 1. The predicted molar refractivity (Wildman–Crippen MR) is 114 cm³/mol. The van der Waals surface area contributed by atoms with E-state index in [1.807, 2.05) is 39.0 Å². The number of hydrogen-bond acceptors (Lipinski definition) is 9. The van der Waals surface area contributed by atoms with Crippen LogP contribution in [0.1, 0.15) is 26.4 Å². The zero-order valence-electron chi connectivity index (χ0n) is 17.3. The molecule has 3 aromatic rings. The topological polar surface area (TPSA) is 135 Å². The van der Waals surface area contributed by atoms with Crippen LogP contribution in [0.25, 0.3) is 22.2 Å². The Morgan fingerprint density at radius 1 is 1.26 bits per heavy atom. The number of carbonyl (C=O) groups excluding carboxylic acids is 2. The first kappa shape index (κ1) is 22.6. The second kappa shape index (κ2) is 9.82. The molecule has 2 heterocycles. The van der Waals surface area contributed by atoms with Gasteiger partial charge in [-0.15, -0.1) is 11.3 Å². The largest absolute Gasteiger partial charge is 0.490 e. The Kier molecular flexibility index (Phi) is 7.16. The lowest BCUT2D eigenvalue weighted by molar-refractivity contribution is -0.124. The lowest BCUT2D eigenvalue weighted by Gasteiger charge is -2.16. The first-order valence-corrected chi connectivity index (χ1v) is 10.3. The van der Waals surface area contributed by atoms with E-state index in [4.69, 9.17) is 14.4 Å². The maximum absolute atomic E-state index is 11.1. The van der Waals surface area contributed by atoms with Gasteiger partial charge in [-0.2, -0.15) is 4.98 Å². The van der Waals surface area contributed by atoms with Crippen molar-refractivity contribution in [2.75, 3.05) is 19.8 Å². The van der Waals surface area contributed by atoms with Crippen molar-refractivity contribution < 1.29 is 29.1 Å². The van der Waals surface area contributed by atoms with E-state index in [9.17, 15) is 14.7 Å². The SMILES string of the molecule is Cc1cc(-c2nc(-c3cc(C)c(OCC(O)CNC(=O)CO)c(C)c3)no2)sc1C=O. The molecule has 1 amide bonds. The fourth-order valence-corrected chi connectivity index (χ4v) is 3.90. The maximum Gasteiger partial charge on any atom is 0.268 e. The van der Waals surface area contributed by atoms with Gasteiger partial charge in [0.15, 0.2) is 6.29 Å². The number of aryl methyl sites for hydroxylation is 3. The van der Waals surface area contributed by atoms with E-state index in [0.29, 0.717) is 22.3 Å². The number of aliphatic hydroxyl groups excluding tert-OH is 2. The molecule has 2 aromatic heterocycles. The highest BCUT2D eigenvalue weighted by Gasteiger charge is 2.17. The van der Waals surface area contributed by atoms with Crippen molar-refractivity contribution >= 4 is 23.5 Å². The average molecular weight is 445 g/mol. The molecule has 0 fully saturated rings. The van der Waals surface area contributed by atoms with Crippen LogP contribution in [0.5, 0.6) is 5.75 Å². The second-order valence-corrected chi connectivity index (χ2v) is 8.15. The second-order valence-electron chi connectivity index (χ2n) is 7.07. The summed E-state index contributed by atoms with van der Waals surface area (Å²) in [5, 5.41) is 25.1. The molecule has 0 spiro atoms. The molecule has 0 saturated carbocycles. The van der Waals surface area contributed by atoms with Gasteiger partial charge in [0, 0.05) is 12.1 Å². The number of ether oxygens (including phenoxy) is 1. The third-order valence-corrected chi connectivity index (χ3v) is 5.67. The monoisotopic (exact) mass is 445 g/mol. The fourth-order valence-electron chi connectivity index (χ4n) is 2.99. The van der Waals surface area contributed by atoms with E-state index in [1.165, 1.54) is 11.3 Å². The molecule has 1 unspecified atom stereocenters. The zero-order chi connectivity index (χ0) is 22.5. The van der Waals surface area contributed by atoms with Gasteiger partial charge < -0.3 is 24.8 Å². The number of aromatic nitrogens is 2. The van der Waals surface area contributed by atoms with Crippen LogP contribution in [0.15, 0.2) is 22.7 Å². The average Bonchev–Trinajstić information content (AvgIpc) is 3.37. The number of nitrogens with one attached hydrogen (secondary N) is 1. The van der Waals surface area contributed by atoms with E-state index < -0.39 is 18.6 Å². The first-order valence-electron chi connectivity index (χ1n) is 9.52. The van der Waals surface area contributed by atoms with Gasteiger partial charge in [0.05, 0.1) is 9.75 Å². The van der Waals surface area contributed by atoms with Crippen LogP contribution < -0.4 is 10.1 Å². The molecule has 164 valence electrons.